The molecule has 0 bridgehead atoms. The standard InChI is InChI=1S/C25H23N5O/c1-15-21-9-8-20-22(18-12-27-14-28-13-18)29-16(2)30-24(20)25(21,10-17(11-26)23(15)31)19-6-4-3-5-7-19/h3-7,12-15,17,21H,8-10H2,1-2H3/t15-,17?,21-,25-/m0/s1. The molecule has 2 aliphatic rings. The molecule has 0 saturated heterocycles. The largest absolute Gasteiger partial charge is 0.298 e. The number of ketones is 1. The second-order valence-electron chi connectivity index (χ2n) is 8.63. The highest BCUT2D eigenvalue weighted by molar-refractivity contribution is 5.87. The second-order valence-corrected chi connectivity index (χ2v) is 8.63. The smallest absolute Gasteiger partial charge is 0.153 e. The summed E-state index contributed by atoms with van der Waals surface area (Å²) in [6, 6.07) is 12.6. The predicted molar refractivity (Wildman–Crippen MR) is 115 cm³/mol. The molecule has 1 unspecified atom stereocenters. The zero-order valence-corrected chi connectivity index (χ0v) is 17.6. The minimum Gasteiger partial charge on any atom is -0.298 e. The van der Waals surface area contributed by atoms with E-state index in [2.05, 4.69) is 28.2 Å². The van der Waals surface area contributed by atoms with Crippen LogP contribution in [-0.2, 0) is 16.6 Å². The molecule has 1 saturated carbocycles. The average molecular weight is 409 g/mol. The van der Waals surface area contributed by atoms with Crippen molar-refractivity contribution >= 4 is 5.78 Å². The quantitative estimate of drug-likeness (QED) is 0.638. The van der Waals surface area contributed by atoms with Crippen LogP contribution in [0.1, 0.15) is 42.4 Å². The van der Waals surface area contributed by atoms with Gasteiger partial charge in [0.25, 0.3) is 0 Å². The first-order valence-electron chi connectivity index (χ1n) is 10.7. The Balaban J connectivity index is 1.83. The lowest BCUT2D eigenvalue weighted by molar-refractivity contribution is -0.131. The van der Waals surface area contributed by atoms with E-state index in [-0.39, 0.29) is 17.6 Å². The van der Waals surface area contributed by atoms with Gasteiger partial charge < -0.3 is 0 Å². The van der Waals surface area contributed by atoms with Crippen molar-refractivity contribution in [3.63, 3.8) is 0 Å². The highest BCUT2D eigenvalue weighted by Crippen LogP contribution is 2.56. The zero-order valence-electron chi connectivity index (χ0n) is 17.6. The molecule has 0 radical (unpaired) electrons. The van der Waals surface area contributed by atoms with Crippen LogP contribution < -0.4 is 0 Å². The van der Waals surface area contributed by atoms with E-state index in [1.54, 1.807) is 12.4 Å². The second kappa shape index (κ2) is 7.35. The van der Waals surface area contributed by atoms with E-state index in [1.807, 2.05) is 32.0 Å². The van der Waals surface area contributed by atoms with Crippen molar-refractivity contribution in [2.45, 2.75) is 38.5 Å². The zero-order chi connectivity index (χ0) is 21.6. The van der Waals surface area contributed by atoms with Gasteiger partial charge in [0.1, 0.15) is 18.1 Å². The van der Waals surface area contributed by atoms with Crippen LogP contribution in [0.15, 0.2) is 49.1 Å². The maximum atomic E-state index is 13.0. The summed E-state index contributed by atoms with van der Waals surface area (Å²) in [6.45, 7) is 3.88. The summed E-state index contributed by atoms with van der Waals surface area (Å²) in [5.74, 6) is -0.0213. The van der Waals surface area contributed by atoms with E-state index in [4.69, 9.17) is 9.97 Å². The summed E-state index contributed by atoms with van der Waals surface area (Å²) in [5, 5.41) is 9.85. The Kier molecular flexibility index (Phi) is 4.62. The number of aryl methyl sites for hydroxylation is 1. The summed E-state index contributed by atoms with van der Waals surface area (Å²) in [4.78, 5) is 31.1. The molecule has 0 aliphatic heterocycles. The number of carbonyl (C=O) groups excluding carboxylic acids is 1. The third kappa shape index (κ3) is 2.88. The summed E-state index contributed by atoms with van der Waals surface area (Å²) >= 11 is 0. The average Bonchev–Trinajstić information content (AvgIpc) is 2.81. The fourth-order valence-corrected chi connectivity index (χ4v) is 5.76. The van der Waals surface area contributed by atoms with Crippen LogP contribution in [0, 0.1) is 36.0 Å². The molecule has 1 aromatic carbocycles. The maximum absolute atomic E-state index is 13.0. The summed E-state index contributed by atoms with van der Waals surface area (Å²) in [5.41, 5.74) is 4.38. The van der Waals surface area contributed by atoms with E-state index in [1.165, 1.54) is 6.33 Å². The van der Waals surface area contributed by atoms with Gasteiger partial charge in [-0.25, -0.2) is 19.9 Å². The molecule has 5 rings (SSSR count). The monoisotopic (exact) mass is 409 g/mol. The van der Waals surface area contributed by atoms with Gasteiger partial charge in [-0.15, -0.1) is 0 Å². The first-order chi connectivity index (χ1) is 15.1. The lowest BCUT2D eigenvalue weighted by Crippen LogP contribution is -2.53. The van der Waals surface area contributed by atoms with Gasteiger partial charge in [0.15, 0.2) is 5.78 Å². The van der Waals surface area contributed by atoms with E-state index < -0.39 is 11.3 Å². The number of nitriles is 1. The molecule has 0 N–H and O–H groups in total. The van der Waals surface area contributed by atoms with Crippen LogP contribution >= 0.6 is 0 Å². The van der Waals surface area contributed by atoms with Crippen molar-refractivity contribution in [3.05, 3.63) is 71.7 Å². The van der Waals surface area contributed by atoms with Crippen LogP contribution in [-0.4, -0.2) is 25.7 Å². The van der Waals surface area contributed by atoms with E-state index >= 15 is 0 Å². The van der Waals surface area contributed by atoms with Crippen molar-refractivity contribution in [2.24, 2.45) is 17.8 Å². The molecule has 6 nitrogen and oxygen atoms in total. The third-order valence-electron chi connectivity index (χ3n) is 7.08. The Labute approximate surface area is 181 Å². The van der Waals surface area contributed by atoms with E-state index in [0.29, 0.717) is 12.2 Å². The lowest BCUT2D eigenvalue weighted by Gasteiger charge is -2.51. The fraction of sp³-hybridized carbons (Fsp3) is 0.360. The van der Waals surface area contributed by atoms with Crippen molar-refractivity contribution in [2.75, 3.05) is 0 Å². The highest BCUT2D eigenvalue weighted by Gasteiger charge is 2.56. The van der Waals surface area contributed by atoms with Gasteiger partial charge >= 0.3 is 0 Å². The number of nitrogens with zero attached hydrogens (tertiary/aromatic N) is 5. The summed E-state index contributed by atoms with van der Waals surface area (Å²) in [7, 11) is 0. The molecule has 2 aromatic heterocycles. The molecule has 0 spiro atoms. The molecule has 154 valence electrons. The molecule has 1 fully saturated rings. The number of aromatic nitrogens is 4. The Morgan fingerprint density at radius 1 is 1.13 bits per heavy atom. The lowest BCUT2D eigenvalue weighted by atomic mass is 9.51. The molecule has 4 atom stereocenters. The third-order valence-corrected chi connectivity index (χ3v) is 7.08. The maximum Gasteiger partial charge on any atom is 0.153 e. The molecule has 6 heteroatoms. The van der Waals surface area contributed by atoms with Crippen molar-refractivity contribution in [1.82, 2.24) is 19.9 Å². The van der Waals surface area contributed by atoms with Gasteiger partial charge in [0.2, 0.25) is 0 Å². The van der Waals surface area contributed by atoms with Gasteiger partial charge in [-0.05, 0) is 37.7 Å². The number of carbonyl (C=O) groups is 1. The molecule has 31 heavy (non-hydrogen) atoms. The molecular formula is C25H23N5O. The normalized spacial score (nSPS) is 27.1. The van der Waals surface area contributed by atoms with Crippen molar-refractivity contribution < 1.29 is 4.79 Å². The van der Waals surface area contributed by atoms with E-state index in [0.717, 1.165) is 40.9 Å². The van der Waals surface area contributed by atoms with E-state index in [9.17, 15) is 10.1 Å². The molecule has 3 aromatic rings. The minimum absolute atomic E-state index is 0.0602. The topological polar surface area (TPSA) is 92.4 Å². The molecule has 2 aliphatic carbocycles. The SMILES string of the molecule is Cc1nc(-c2cncnc2)c2c(n1)[C@]1(c3ccccc3)CC(C#N)C(=O)[C@@H](C)[C@@H]1CC2. The van der Waals surface area contributed by atoms with Crippen LogP contribution in [0.2, 0.25) is 0 Å². The van der Waals surface area contributed by atoms with Gasteiger partial charge in [-0.3, -0.25) is 4.79 Å². The van der Waals surface area contributed by atoms with Gasteiger partial charge in [-0.2, -0.15) is 5.26 Å². The number of benzene rings is 1. The van der Waals surface area contributed by atoms with Gasteiger partial charge in [-0.1, -0.05) is 37.3 Å². The Hall–Kier alpha value is -3.46. The summed E-state index contributed by atoms with van der Waals surface area (Å²) in [6.07, 6.45) is 7.16. The minimum atomic E-state index is -0.642. The number of fused-ring (bicyclic) bond motifs is 3. The first kappa shape index (κ1) is 19.5. The molecular weight excluding hydrogens is 386 g/mol. The molecule has 0 amide bonds. The predicted octanol–water partition coefficient (Wildman–Crippen LogP) is 3.84. The molecule has 2 heterocycles. The van der Waals surface area contributed by atoms with Crippen LogP contribution in [0.4, 0.5) is 0 Å². The van der Waals surface area contributed by atoms with Crippen LogP contribution in [0.5, 0.6) is 0 Å². The number of hydrogen-bond acceptors (Lipinski definition) is 6. The van der Waals surface area contributed by atoms with Gasteiger partial charge in [0, 0.05) is 34.9 Å². The Morgan fingerprint density at radius 2 is 1.87 bits per heavy atom. The van der Waals surface area contributed by atoms with Crippen molar-refractivity contribution in [3.8, 4) is 17.3 Å². The van der Waals surface area contributed by atoms with Crippen LogP contribution in [0.25, 0.3) is 11.3 Å². The fourth-order valence-electron chi connectivity index (χ4n) is 5.76. The van der Waals surface area contributed by atoms with Crippen LogP contribution in [0.3, 0.4) is 0 Å². The Morgan fingerprint density at radius 3 is 2.58 bits per heavy atom. The Bertz CT molecular complexity index is 1190. The summed E-state index contributed by atoms with van der Waals surface area (Å²) < 4.78 is 0. The first-order valence-corrected chi connectivity index (χ1v) is 10.7. The van der Waals surface area contributed by atoms with Crippen molar-refractivity contribution in [1.29, 1.82) is 5.26 Å². The number of Topliss-reactive ketones (excluding diaryl/α,β-unsaturated/α-hetero) is 1. The number of rotatable bonds is 2. The number of hydrogen-bond donors (Lipinski definition) is 0. The van der Waals surface area contributed by atoms with Gasteiger partial charge in [0.05, 0.1) is 17.5 Å². The highest BCUT2D eigenvalue weighted by atomic mass is 16.1.